The predicted octanol–water partition coefficient (Wildman–Crippen LogP) is 3.55. The average molecular weight is 379 g/mol. The fraction of sp³-hybridized carbons (Fsp3) is 0.478. The number of rotatable bonds is 4. The maximum atomic E-state index is 13.1. The molecule has 5 heteroatoms. The molecule has 5 nitrogen and oxygen atoms in total. The van der Waals surface area contributed by atoms with Gasteiger partial charge >= 0.3 is 0 Å². The van der Waals surface area contributed by atoms with E-state index in [1.807, 2.05) is 19.9 Å². The van der Waals surface area contributed by atoms with Crippen LogP contribution in [0.1, 0.15) is 71.7 Å². The van der Waals surface area contributed by atoms with E-state index in [9.17, 15) is 19.2 Å². The molecule has 146 valence electrons. The Hall–Kier alpha value is -2.56. The summed E-state index contributed by atoms with van der Waals surface area (Å²) in [6.45, 7) is 7.71. The first-order chi connectivity index (χ1) is 13.2. The van der Waals surface area contributed by atoms with Gasteiger partial charge in [-0.05, 0) is 51.5 Å². The number of hydrogen-bond acceptors (Lipinski definition) is 4. The highest BCUT2D eigenvalue weighted by Gasteiger charge is 2.61. The molecule has 1 saturated heterocycles. The van der Waals surface area contributed by atoms with E-state index in [1.54, 1.807) is 12.1 Å². The van der Waals surface area contributed by atoms with Gasteiger partial charge in [-0.3, -0.25) is 24.5 Å². The molecule has 0 radical (unpaired) electrons. The standard InChI is InChI=1S/C23H25NO4/c1-13(2)23(12-22(9-10-22)20(27)24-21(23)28)8-7-15-11-17(25)16-6-4-5-14(3)18(16)19(15)26/h4-6,15H,1,7-12H2,2-3H3,(H,24,27,28). The van der Waals surface area contributed by atoms with Crippen molar-refractivity contribution in [1.82, 2.24) is 5.32 Å². The minimum absolute atomic E-state index is 0.0157. The molecule has 0 aromatic heterocycles. The fourth-order valence-electron chi connectivity index (χ4n) is 4.92. The Kier molecular flexibility index (Phi) is 4.18. The first-order valence-electron chi connectivity index (χ1n) is 9.89. The molecule has 1 spiro atoms. The smallest absolute Gasteiger partial charge is 0.236 e. The van der Waals surface area contributed by atoms with Crippen molar-refractivity contribution in [2.75, 3.05) is 0 Å². The topological polar surface area (TPSA) is 80.3 Å². The van der Waals surface area contributed by atoms with Gasteiger partial charge in [0.1, 0.15) is 0 Å². The quantitative estimate of drug-likeness (QED) is 0.641. The molecule has 1 saturated carbocycles. The van der Waals surface area contributed by atoms with Gasteiger partial charge in [0.15, 0.2) is 11.6 Å². The van der Waals surface area contributed by atoms with Crippen LogP contribution >= 0.6 is 0 Å². The molecule has 2 unspecified atom stereocenters. The van der Waals surface area contributed by atoms with Gasteiger partial charge in [0.05, 0.1) is 10.8 Å². The van der Waals surface area contributed by atoms with Gasteiger partial charge in [0, 0.05) is 23.5 Å². The number of fused-ring (bicyclic) bond motifs is 1. The van der Waals surface area contributed by atoms with Crippen LogP contribution in [-0.4, -0.2) is 23.4 Å². The third-order valence-corrected chi connectivity index (χ3v) is 7.00. The van der Waals surface area contributed by atoms with E-state index in [2.05, 4.69) is 11.9 Å². The van der Waals surface area contributed by atoms with Gasteiger partial charge < -0.3 is 0 Å². The van der Waals surface area contributed by atoms with E-state index in [-0.39, 0.29) is 29.8 Å². The van der Waals surface area contributed by atoms with Crippen LogP contribution in [0.15, 0.2) is 30.4 Å². The van der Waals surface area contributed by atoms with Crippen LogP contribution in [0.5, 0.6) is 0 Å². The number of amides is 2. The summed E-state index contributed by atoms with van der Waals surface area (Å²) in [6.07, 6.45) is 3.07. The van der Waals surface area contributed by atoms with E-state index in [1.165, 1.54) is 0 Å². The third kappa shape index (κ3) is 2.67. The molecule has 4 rings (SSSR count). The van der Waals surface area contributed by atoms with Gasteiger partial charge in [0.25, 0.3) is 0 Å². The number of ketones is 2. The number of hydrogen-bond donors (Lipinski definition) is 1. The maximum absolute atomic E-state index is 13.1. The minimum atomic E-state index is -0.847. The molecule has 1 aromatic carbocycles. The lowest BCUT2D eigenvalue weighted by molar-refractivity contribution is -0.145. The molecular formula is C23H25NO4. The third-order valence-electron chi connectivity index (χ3n) is 7.00. The fourth-order valence-corrected chi connectivity index (χ4v) is 4.92. The second-order valence-corrected chi connectivity index (χ2v) is 8.83. The minimum Gasteiger partial charge on any atom is -0.295 e. The lowest BCUT2D eigenvalue weighted by atomic mass is 9.65. The monoisotopic (exact) mass is 379 g/mol. The van der Waals surface area contributed by atoms with E-state index < -0.39 is 16.7 Å². The molecule has 3 aliphatic rings. The molecule has 1 aromatic rings. The lowest BCUT2D eigenvalue weighted by Crippen LogP contribution is -2.54. The van der Waals surface area contributed by atoms with Crippen molar-refractivity contribution in [1.29, 1.82) is 0 Å². The SMILES string of the molecule is C=C(C)C1(CCC2CC(=O)c3cccc(C)c3C2=O)CC2(CC2)C(=O)NC1=O. The summed E-state index contributed by atoms with van der Waals surface area (Å²) in [7, 11) is 0. The van der Waals surface area contributed by atoms with E-state index >= 15 is 0 Å². The van der Waals surface area contributed by atoms with Crippen molar-refractivity contribution in [3.63, 3.8) is 0 Å². The van der Waals surface area contributed by atoms with Crippen molar-refractivity contribution in [2.24, 2.45) is 16.7 Å². The van der Waals surface area contributed by atoms with Crippen molar-refractivity contribution in [2.45, 2.75) is 52.4 Å². The van der Waals surface area contributed by atoms with Gasteiger partial charge in [-0.25, -0.2) is 0 Å². The Balaban J connectivity index is 1.59. The normalized spacial score (nSPS) is 28.1. The molecule has 2 amide bonds. The highest BCUT2D eigenvalue weighted by atomic mass is 16.2. The van der Waals surface area contributed by atoms with Crippen molar-refractivity contribution >= 4 is 23.4 Å². The van der Waals surface area contributed by atoms with Crippen LogP contribution in [0.3, 0.4) is 0 Å². The number of Topliss-reactive ketones (excluding diaryl/α,β-unsaturated/α-hetero) is 2. The summed E-state index contributed by atoms with van der Waals surface area (Å²) in [5, 5.41) is 2.55. The Bertz CT molecular complexity index is 940. The molecule has 1 heterocycles. The van der Waals surface area contributed by atoms with Crippen LogP contribution in [0.4, 0.5) is 0 Å². The Morgan fingerprint density at radius 3 is 2.54 bits per heavy atom. The van der Waals surface area contributed by atoms with E-state index in [0.717, 1.165) is 24.0 Å². The number of nitrogens with one attached hydrogen (secondary N) is 1. The Morgan fingerprint density at radius 1 is 1.18 bits per heavy atom. The molecule has 1 aliphatic heterocycles. The number of carbonyl (C=O) groups is 4. The molecule has 0 bridgehead atoms. The number of imide groups is 1. The maximum Gasteiger partial charge on any atom is 0.236 e. The predicted molar refractivity (Wildman–Crippen MR) is 104 cm³/mol. The van der Waals surface area contributed by atoms with Crippen LogP contribution in [0.25, 0.3) is 0 Å². The molecular weight excluding hydrogens is 354 g/mol. The first kappa shape index (κ1) is 18.8. The Morgan fingerprint density at radius 2 is 1.89 bits per heavy atom. The second kappa shape index (κ2) is 6.23. The molecule has 2 atom stereocenters. The number of aryl methyl sites for hydroxylation is 1. The second-order valence-electron chi connectivity index (χ2n) is 8.83. The summed E-state index contributed by atoms with van der Waals surface area (Å²) in [4.78, 5) is 50.7. The van der Waals surface area contributed by atoms with Crippen molar-refractivity contribution < 1.29 is 19.2 Å². The number of piperidine rings is 1. The van der Waals surface area contributed by atoms with Crippen LogP contribution in [0.2, 0.25) is 0 Å². The highest BCUT2D eigenvalue weighted by Crippen LogP contribution is 2.59. The summed E-state index contributed by atoms with van der Waals surface area (Å²) in [5.41, 5.74) is 1.26. The summed E-state index contributed by atoms with van der Waals surface area (Å²) < 4.78 is 0. The van der Waals surface area contributed by atoms with Crippen molar-refractivity contribution in [3.8, 4) is 0 Å². The Labute approximate surface area is 164 Å². The van der Waals surface area contributed by atoms with Crippen molar-refractivity contribution in [3.05, 3.63) is 47.0 Å². The van der Waals surface area contributed by atoms with Gasteiger partial charge in [-0.1, -0.05) is 30.4 Å². The van der Waals surface area contributed by atoms with Gasteiger partial charge in [-0.15, -0.1) is 0 Å². The van der Waals surface area contributed by atoms with Gasteiger partial charge in [0.2, 0.25) is 11.8 Å². The van der Waals surface area contributed by atoms with Crippen LogP contribution in [0, 0.1) is 23.7 Å². The zero-order valence-corrected chi connectivity index (χ0v) is 16.4. The lowest BCUT2D eigenvalue weighted by Gasteiger charge is -2.41. The first-order valence-corrected chi connectivity index (χ1v) is 9.89. The summed E-state index contributed by atoms with van der Waals surface area (Å²) in [5.74, 6) is -0.956. The summed E-state index contributed by atoms with van der Waals surface area (Å²) >= 11 is 0. The zero-order chi connectivity index (χ0) is 20.3. The zero-order valence-electron chi connectivity index (χ0n) is 16.4. The van der Waals surface area contributed by atoms with E-state index in [0.29, 0.717) is 30.4 Å². The molecule has 28 heavy (non-hydrogen) atoms. The molecule has 1 N–H and O–H groups in total. The summed E-state index contributed by atoms with van der Waals surface area (Å²) in [6, 6.07) is 5.36. The van der Waals surface area contributed by atoms with Gasteiger partial charge in [-0.2, -0.15) is 0 Å². The molecule has 2 aliphatic carbocycles. The molecule has 2 fully saturated rings. The number of carbonyl (C=O) groups excluding carboxylic acids is 4. The largest absolute Gasteiger partial charge is 0.295 e. The van der Waals surface area contributed by atoms with Crippen LogP contribution in [-0.2, 0) is 9.59 Å². The number of benzene rings is 1. The average Bonchev–Trinajstić information content (AvgIpc) is 3.41. The highest BCUT2D eigenvalue weighted by molar-refractivity contribution is 6.15. The van der Waals surface area contributed by atoms with Crippen LogP contribution < -0.4 is 5.32 Å². The van der Waals surface area contributed by atoms with E-state index in [4.69, 9.17) is 0 Å².